The van der Waals surface area contributed by atoms with Gasteiger partial charge < -0.3 is 15.1 Å². The third-order valence-corrected chi connectivity index (χ3v) is 3.48. The van der Waals surface area contributed by atoms with Gasteiger partial charge in [-0.1, -0.05) is 25.7 Å². The van der Waals surface area contributed by atoms with E-state index in [9.17, 15) is 14.4 Å². The fraction of sp³-hybridized carbons (Fsp3) is 0.769. The molecule has 0 spiro atoms. The van der Waals surface area contributed by atoms with Crippen LogP contribution in [0.15, 0.2) is 0 Å². The molecule has 0 aromatic heterocycles. The van der Waals surface area contributed by atoms with E-state index in [0.29, 0.717) is 12.3 Å². The summed E-state index contributed by atoms with van der Waals surface area (Å²) in [6.45, 7) is -1.09. The number of carbonyl (C=O) groups is 3. The van der Waals surface area contributed by atoms with Gasteiger partial charge in [0, 0.05) is 6.42 Å². The van der Waals surface area contributed by atoms with Gasteiger partial charge in [0.15, 0.2) is 0 Å². The Bertz CT molecular complexity index is 320. The minimum absolute atomic E-state index is 0.233. The van der Waals surface area contributed by atoms with Crippen molar-refractivity contribution >= 4 is 17.8 Å². The van der Waals surface area contributed by atoms with Gasteiger partial charge in [0.25, 0.3) is 0 Å². The van der Waals surface area contributed by atoms with Gasteiger partial charge in [-0.25, -0.2) is 0 Å². The molecule has 1 fully saturated rings. The Morgan fingerprint density at radius 2 is 1.53 bits per heavy atom. The van der Waals surface area contributed by atoms with Crippen LogP contribution in [-0.2, 0) is 14.4 Å². The molecule has 1 aliphatic rings. The van der Waals surface area contributed by atoms with E-state index in [0.717, 1.165) is 11.3 Å². The second-order valence-electron chi connectivity index (χ2n) is 5.08. The van der Waals surface area contributed by atoms with Crippen molar-refractivity contribution in [3.05, 3.63) is 0 Å². The summed E-state index contributed by atoms with van der Waals surface area (Å²) in [6.07, 6.45) is 6.84. The maximum absolute atomic E-state index is 11.8. The summed E-state index contributed by atoms with van der Waals surface area (Å²) in [5, 5.41) is 17.3. The Hall–Kier alpha value is -1.59. The lowest BCUT2D eigenvalue weighted by Crippen LogP contribution is -2.39. The van der Waals surface area contributed by atoms with E-state index < -0.39 is 25.0 Å². The highest BCUT2D eigenvalue weighted by atomic mass is 16.4. The maximum Gasteiger partial charge on any atom is 0.323 e. The minimum atomic E-state index is -1.19. The van der Waals surface area contributed by atoms with Crippen LogP contribution in [0.5, 0.6) is 0 Å². The largest absolute Gasteiger partial charge is 0.480 e. The molecule has 0 aromatic carbocycles. The molecule has 108 valence electrons. The molecular formula is C13H21NO5. The third kappa shape index (κ3) is 6.22. The number of hydrogen-bond acceptors (Lipinski definition) is 3. The molecule has 0 bridgehead atoms. The number of hydrogen-bond donors (Lipinski definition) is 2. The molecule has 0 heterocycles. The molecular weight excluding hydrogens is 250 g/mol. The summed E-state index contributed by atoms with van der Waals surface area (Å²) in [6, 6.07) is 0. The van der Waals surface area contributed by atoms with Crippen LogP contribution in [0.25, 0.3) is 0 Å². The Morgan fingerprint density at radius 1 is 1.00 bits per heavy atom. The first kappa shape index (κ1) is 15.5. The van der Waals surface area contributed by atoms with E-state index in [1.807, 2.05) is 0 Å². The molecule has 2 N–H and O–H groups in total. The predicted octanol–water partition coefficient (Wildman–Crippen LogP) is 1.34. The lowest BCUT2D eigenvalue weighted by molar-refractivity contribution is -0.149. The zero-order valence-corrected chi connectivity index (χ0v) is 11.0. The van der Waals surface area contributed by atoms with Crippen LogP contribution in [0.2, 0.25) is 0 Å². The number of rotatable bonds is 8. The van der Waals surface area contributed by atoms with Crippen LogP contribution in [-0.4, -0.2) is 46.0 Å². The third-order valence-electron chi connectivity index (χ3n) is 3.48. The van der Waals surface area contributed by atoms with Gasteiger partial charge in [0.05, 0.1) is 0 Å². The second-order valence-corrected chi connectivity index (χ2v) is 5.08. The average Bonchev–Trinajstić information content (AvgIpc) is 2.79. The van der Waals surface area contributed by atoms with Crippen LogP contribution in [0.1, 0.15) is 44.9 Å². The van der Waals surface area contributed by atoms with Crippen LogP contribution in [0.3, 0.4) is 0 Å². The van der Waals surface area contributed by atoms with E-state index in [-0.39, 0.29) is 12.3 Å². The highest BCUT2D eigenvalue weighted by molar-refractivity contribution is 5.85. The van der Waals surface area contributed by atoms with Crippen molar-refractivity contribution in [2.75, 3.05) is 13.1 Å². The van der Waals surface area contributed by atoms with Crippen LogP contribution < -0.4 is 0 Å². The topological polar surface area (TPSA) is 94.9 Å². The molecule has 0 radical (unpaired) electrons. The van der Waals surface area contributed by atoms with Gasteiger partial charge in [0.1, 0.15) is 13.1 Å². The lowest BCUT2D eigenvalue weighted by Gasteiger charge is -2.18. The van der Waals surface area contributed by atoms with E-state index >= 15 is 0 Å². The zero-order chi connectivity index (χ0) is 14.3. The molecule has 1 rings (SSSR count). The Balaban J connectivity index is 2.33. The molecule has 1 amide bonds. The zero-order valence-electron chi connectivity index (χ0n) is 11.0. The Morgan fingerprint density at radius 3 is 2.00 bits per heavy atom. The first-order valence-electron chi connectivity index (χ1n) is 6.70. The standard InChI is InChI=1S/C13H21NO5/c15-11(7-3-6-10-4-1-2-5-10)14(8-12(16)17)9-13(18)19/h10H,1-9H2,(H,16,17)(H,18,19). The van der Waals surface area contributed by atoms with Gasteiger partial charge in [0.2, 0.25) is 5.91 Å². The summed E-state index contributed by atoms with van der Waals surface area (Å²) in [5.41, 5.74) is 0. The number of aliphatic carboxylic acids is 2. The number of carboxylic acids is 2. The molecule has 6 heteroatoms. The first-order valence-corrected chi connectivity index (χ1v) is 6.70. The van der Waals surface area contributed by atoms with E-state index in [2.05, 4.69) is 0 Å². The van der Waals surface area contributed by atoms with Crippen LogP contribution in [0, 0.1) is 5.92 Å². The van der Waals surface area contributed by atoms with Gasteiger partial charge in [-0.2, -0.15) is 0 Å². The summed E-state index contributed by atoms with van der Waals surface area (Å²) in [5.74, 6) is -2.08. The fourth-order valence-electron chi connectivity index (χ4n) is 2.56. The molecule has 0 unspecified atom stereocenters. The molecule has 0 aliphatic heterocycles. The van der Waals surface area contributed by atoms with Crippen LogP contribution in [0.4, 0.5) is 0 Å². The van der Waals surface area contributed by atoms with Crippen molar-refractivity contribution in [1.82, 2.24) is 4.90 Å². The predicted molar refractivity (Wildman–Crippen MR) is 67.7 cm³/mol. The van der Waals surface area contributed by atoms with E-state index in [1.54, 1.807) is 0 Å². The molecule has 1 aliphatic carbocycles. The molecule has 0 atom stereocenters. The second kappa shape index (κ2) is 7.76. The van der Waals surface area contributed by atoms with Crippen molar-refractivity contribution in [2.24, 2.45) is 5.92 Å². The highest BCUT2D eigenvalue weighted by Gasteiger charge is 2.20. The SMILES string of the molecule is O=C(O)CN(CC(=O)O)C(=O)CCCC1CCCC1. The average molecular weight is 271 g/mol. The first-order chi connectivity index (χ1) is 8.99. The summed E-state index contributed by atoms with van der Waals surface area (Å²) < 4.78 is 0. The Labute approximate surface area is 112 Å². The van der Waals surface area contributed by atoms with Gasteiger partial charge in [-0.15, -0.1) is 0 Å². The number of nitrogens with zero attached hydrogens (tertiary/aromatic N) is 1. The molecule has 19 heavy (non-hydrogen) atoms. The summed E-state index contributed by atoms with van der Waals surface area (Å²) >= 11 is 0. The highest BCUT2D eigenvalue weighted by Crippen LogP contribution is 2.28. The number of carboxylic acid groups (broad SMARTS) is 2. The maximum atomic E-state index is 11.8. The molecule has 1 saturated carbocycles. The normalized spacial score (nSPS) is 15.4. The minimum Gasteiger partial charge on any atom is -0.480 e. The smallest absolute Gasteiger partial charge is 0.323 e. The quantitative estimate of drug-likeness (QED) is 0.694. The fourth-order valence-corrected chi connectivity index (χ4v) is 2.56. The molecule has 6 nitrogen and oxygen atoms in total. The molecule has 0 aromatic rings. The number of amides is 1. The van der Waals surface area contributed by atoms with Gasteiger partial charge in [-0.05, 0) is 18.8 Å². The number of carbonyl (C=O) groups excluding carboxylic acids is 1. The van der Waals surface area contributed by atoms with E-state index in [1.165, 1.54) is 25.7 Å². The summed E-state index contributed by atoms with van der Waals surface area (Å²) in [4.78, 5) is 33.9. The monoisotopic (exact) mass is 271 g/mol. The van der Waals surface area contributed by atoms with Gasteiger partial charge >= 0.3 is 11.9 Å². The Kier molecular flexibility index (Phi) is 6.32. The van der Waals surface area contributed by atoms with Crippen LogP contribution >= 0.6 is 0 Å². The van der Waals surface area contributed by atoms with Crippen molar-refractivity contribution in [3.8, 4) is 0 Å². The van der Waals surface area contributed by atoms with Gasteiger partial charge in [-0.3, -0.25) is 14.4 Å². The summed E-state index contributed by atoms with van der Waals surface area (Å²) in [7, 11) is 0. The van der Waals surface area contributed by atoms with Crippen molar-refractivity contribution in [2.45, 2.75) is 44.9 Å². The van der Waals surface area contributed by atoms with Crippen molar-refractivity contribution in [3.63, 3.8) is 0 Å². The van der Waals surface area contributed by atoms with E-state index in [4.69, 9.17) is 10.2 Å². The van der Waals surface area contributed by atoms with Crippen molar-refractivity contribution in [1.29, 1.82) is 0 Å². The lowest BCUT2D eigenvalue weighted by atomic mass is 10.0. The molecule has 0 saturated heterocycles. The van der Waals surface area contributed by atoms with Crippen molar-refractivity contribution < 1.29 is 24.6 Å².